The van der Waals surface area contributed by atoms with Crippen LogP contribution in [0.3, 0.4) is 0 Å². The Bertz CT molecular complexity index is 534. The number of carbonyl (C=O) groups is 2. The van der Waals surface area contributed by atoms with Crippen molar-refractivity contribution < 1.29 is 14.7 Å². The van der Waals surface area contributed by atoms with Gasteiger partial charge >= 0.3 is 5.97 Å². The molecule has 0 atom stereocenters. The molecule has 1 heterocycles. The zero-order valence-electron chi connectivity index (χ0n) is 12.6. The van der Waals surface area contributed by atoms with Gasteiger partial charge in [0, 0.05) is 5.69 Å². The van der Waals surface area contributed by atoms with Crippen molar-refractivity contribution in [3.63, 3.8) is 0 Å². The smallest absolute Gasteiger partial charge is 0.309 e. The summed E-state index contributed by atoms with van der Waals surface area (Å²) in [6.45, 7) is 5.35. The molecule has 1 amide bonds. The second-order valence-electron chi connectivity index (χ2n) is 6.06. The molecule has 5 heteroatoms. The van der Waals surface area contributed by atoms with Crippen LogP contribution in [0.15, 0.2) is 24.3 Å². The van der Waals surface area contributed by atoms with Crippen LogP contribution >= 0.6 is 0 Å². The molecule has 21 heavy (non-hydrogen) atoms. The van der Waals surface area contributed by atoms with Crippen LogP contribution in [0.2, 0.25) is 0 Å². The highest BCUT2D eigenvalue weighted by atomic mass is 16.4. The molecule has 0 aromatic heterocycles. The largest absolute Gasteiger partial charge is 0.481 e. The Labute approximate surface area is 125 Å². The lowest BCUT2D eigenvalue weighted by Crippen LogP contribution is -2.45. The Morgan fingerprint density at radius 1 is 1.33 bits per heavy atom. The van der Waals surface area contributed by atoms with Gasteiger partial charge in [-0.15, -0.1) is 0 Å². The van der Waals surface area contributed by atoms with Gasteiger partial charge in [-0.05, 0) is 57.5 Å². The minimum absolute atomic E-state index is 0.0560. The van der Waals surface area contributed by atoms with E-state index in [4.69, 9.17) is 0 Å². The number of hydrogen-bond donors (Lipinski definition) is 2. The van der Waals surface area contributed by atoms with Crippen molar-refractivity contribution in [2.45, 2.75) is 26.7 Å². The van der Waals surface area contributed by atoms with Gasteiger partial charge in [-0.1, -0.05) is 12.1 Å². The van der Waals surface area contributed by atoms with Gasteiger partial charge < -0.3 is 10.4 Å². The summed E-state index contributed by atoms with van der Waals surface area (Å²) in [4.78, 5) is 25.2. The average Bonchev–Trinajstić information content (AvgIpc) is 2.41. The van der Waals surface area contributed by atoms with Crippen molar-refractivity contribution in [3.05, 3.63) is 29.8 Å². The number of rotatable bonds is 4. The third-order valence-electron chi connectivity index (χ3n) is 4.14. The second kappa shape index (κ2) is 6.26. The van der Waals surface area contributed by atoms with Gasteiger partial charge in [0.2, 0.25) is 5.91 Å². The number of nitrogens with zero attached hydrogens (tertiary/aromatic N) is 1. The number of piperidine rings is 1. The number of amides is 1. The molecule has 2 N–H and O–H groups in total. The van der Waals surface area contributed by atoms with E-state index in [9.17, 15) is 14.7 Å². The van der Waals surface area contributed by atoms with E-state index in [2.05, 4.69) is 5.32 Å². The first kappa shape index (κ1) is 15.5. The predicted octanol–water partition coefficient (Wildman–Crippen LogP) is 2.12. The maximum atomic E-state index is 12.0. The minimum atomic E-state index is -0.744. The molecule has 114 valence electrons. The molecule has 0 radical (unpaired) electrons. The molecule has 5 nitrogen and oxygen atoms in total. The highest BCUT2D eigenvalue weighted by molar-refractivity contribution is 5.92. The predicted molar refractivity (Wildman–Crippen MR) is 81.2 cm³/mol. The van der Waals surface area contributed by atoms with Crippen LogP contribution < -0.4 is 5.32 Å². The van der Waals surface area contributed by atoms with Crippen molar-refractivity contribution in [2.24, 2.45) is 5.41 Å². The number of hydrogen-bond acceptors (Lipinski definition) is 3. The summed E-state index contributed by atoms with van der Waals surface area (Å²) in [5.41, 5.74) is 1.25. The maximum Gasteiger partial charge on any atom is 0.309 e. The molecular formula is C16H22N2O3. The van der Waals surface area contributed by atoms with Gasteiger partial charge in [0.05, 0.1) is 12.0 Å². The fraction of sp³-hybridized carbons (Fsp3) is 0.500. The normalized spacial score (nSPS) is 18.2. The fourth-order valence-corrected chi connectivity index (χ4v) is 2.54. The Balaban J connectivity index is 1.83. The molecule has 0 bridgehead atoms. The average molecular weight is 290 g/mol. The van der Waals surface area contributed by atoms with E-state index >= 15 is 0 Å². The van der Waals surface area contributed by atoms with Gasteiger partial charge in [0.25, 0.3) is 0 Å². The lowest BCUT2D eigenvalue weighted by atomic mass is 9.80. The van der Waals surface area contributed by atoms with Crippen molar-refractivity contribution in [2.75, 3.05) is 25.0 Å². The zero-order chi connectivity index (χ0) is 15.5. The van der Waals surface area contributed by atoms with E-state index in [0.29, 0.717) is 32.5 Å². The van der Waals surface area contributed by atoms with Crippen molar-refractivity contribution in [3.8, 4) is 0 Å². The topological polar surface area (TPSA) is 69.6 Å². The molecule has 2 rings (SSSR count). The molecule has 1 aliphatic heterocycles. The van der Waals surface area contributed by atoms with E-state index in [1.54, 1.807) is 6.92 Å². The lowest BCUT2D eigenvalue weighted by molar-refractivity contribution is -0.150. The van der Waals surface area contributed by atoms with Crippen molar-refractivity contribution in [1.82, 2.24) is 4.90 Å². The van der Waals surface area contributed by atoms with E-state index < -0.39 is 11.4 Å². The quantitative estimate of drug-likeness (QED) is 0.891. The van der Waals surface area contributed by atoms with Gasteiger partial charge in [-0.25, -0.2) is 0 Å². The highest BCUT2D eigenvalue weighted by Crippen LogP contribution is 2.30. The van der Waals surface area contributed by atoms with Gasteiger partial charge in [-0.2, -0.15) is 0 Å². The molecule has 0 aliphatic carbocycles. The first-order chi connectivity index (χ1) is 9.89. The molecule has 0 unspecified atom stereocenters. The summed E-state index contributed by atoms with van der Waals surface area (Å²) in [6.07, 6.45) is 1.17. The molecule has 1 fully saturated rings. The van der Waals surface area contributed by atoms with Crippen LogP contribution in [0.1, 0.15) is 25.3 Å². The summed E-state index contributed by atoms with van der Waals surface area (Å²) in [6, 6.07) is 7.68. The first-order valence-corrected chi connectivity index (χ1v) is 7.21. The van der Waals surface area contributed by atoms with E-state index in [-0.39, 0.29) is 5.91 Å². The Kier molecular flexibility index (Phi) is 4.63. The van der Waals surface area contributed by atoms with Gasteiger partial charge in [0.15, 0.2) is 0 Å². The van der Waals surface area contributed by atoms with Crippen molar-refractivity contribution >= 4 is 17.6 Å². The first-order valence-electron chi connectivity index (χ1n) is 7.21. The molecule has 1 aromatic carbocycles. The summed E-state index contributed by atoms with van der Waals surface area (Å²) in [7, 11) is 0. The van der Waals surface area contributed by atoms with Crippen LogP contribution in [-0.4, -0.2) is 41.5 Å². The zero-order valence-corrected chi connectivity index (χ0v) is 12.6. The summed E-state index contributed by atoms with van der Waals surface area (Å²) in [5, 5.41) is 12.1. The monoisotopic (exact) mass is 290 g/mol. The van der Waals surface area contributed by atoms with E-state index in [0.717, 1.165) is 11.3 Å². The molecule has 1 saturated heterocycles. The van der Waals surface area contributed by atoms with Crippen LogP contribution in [0.4, 0.5) is 5.69 Å². The summed E-state index contributed by atoms with van der Waals surface area (Å²) in [5.74, 6) is -0.800. The van der Waals surface area contributed by atoms with Crippen LogP contribution in [-0.2, 0) is 9.59 Å². The van der Waals surface area contributed by atoms with E-state index in [1.165, 1.54) is 0 Å². The summed E-state index contributed by atoms with van der Waals surface area (Å²) < 4.78 is 0. The number of anilines is 1. The minimum Gasteiger partial charge on any atom is -0.481 e. The number of aryl methyl sites for hydroxylation is 1. The second-order valence-corrected chi connectivity index (χ2v) is 6.06. The van der Waals surface area contributed by atoms with Gasteiger partial charge in [-0.3, -0.25) is 14.5 Å². The van der Waals surface area contributed by atoms with Crippen molar-refractivity contribution in [1.29, 1.82) is 0 Å². The Morgan fingerprint density at radius 2 is 2.00 bits per heavy atom. The number of carboxylic acid groups (broad SMARTS) is 1. The summed E-state index contributed by atoms with van der Waals surface area (Å²) >= 11 is 0. The number of carbonyl (C=O) groups excluding carboxylic acids is 1. The van der Waals surface area contributed by atoms with Crippen LogP contribution in [0.5, 0.6) is 0 Å². The highest BCUT2D eigenvalue weighted by Gasteiger charge is 2.37. The fourth-order valence-electron chi connectivity index (χ4n) is 2.54. The lowest BCUT2D eigenvalue weighted by Gasteiger charge is -2.35. The van der Waals surface area contributed by atoms with Crippen LogP contribution in [0, 0.1) is 12.3 Å². The number of benzene rings is 1. The maximum absolute atomic E-state index is 12.0. The molecule has 1 aromatic rings. The standard InChI is InChI=1S/C16H22N2O3/c1-12-4-3-5-13(10-12)17-14(19)11-18-8-6-16(2,7-9-18)15(20)21/h3-5,10H,6-9,11H2,1-2H3,(H,17,19)(H,20,21). The van der Waals surface area contributed by atoms with E-state index in [1.807, 2.05) is 36.1 Å². The Morgan fingerprint density at radius 3 is 2.57 bits per heavy atom. The molecule has 1 aliphatic rings. The number of carboxylic acids is 1. The molecule has 0 spiro atoms. The number of likely N-dealkylation sites (tertiary alicyclic amines) is 1. The third kappa shape index (κ3) is 4.04. The third-order valence-corrected chi connectivity index (χ3v) is 4.14. The number of nitrogens with one attached hydrogen (secondary N) is 1. The van der Waals surface area contributed by atoms with Gasteiger partial charge in [0.1, 0.15) is 0 Å². The van der Waals surface area contributed by atoms with Crippen LogP contribution in [0.25, 0.3) is 0 Å². The SMILES string of the molecule is Cc1cccc(NC(=O)CN2CCC(C)(C(=O)O)CC2)c1. The number of aliphatic carboxylic acids is 1. The molecule has 0 saturated carbocycles. The Hall–Kier alpha value is -1.88. The molecular weight excluding hydrogens is 268 g/mol.